The van der Waals surface area contributed by atoms with E-state index >= 15 is 0 Å². The lowest BCUT2D eigenvalue weighted by Gasteiger charge is -2.08. The fraction of sp³-hybridized carbons (Fsp3) is 0.133. The molecule has 2 N–H and O–H groups in total. The van der Waals surface area contributed by atoms with Gasteiger partial charge >= 0.3 is 0 Å². The summed E-state index contributed by atoms with van der Waals surface area (Å²) in [4.78, 5) is 12.0. The third-order valence-electron chi connectivity index (χ3n) is 2.88. The maximum Gasteiger partial charge on any atom is 0.255 e. The molecule has 2 aromatic carbocycles. The molecular weight excluding hydrogens is 261 g/mol. The number of carbonyl (C=O) groups excluding carboxylic acids is 1. The summed E-state index contributed by atoms with van der Waals surface area (Å²) in [5.41, 5.74) is 1.32. The highest BCUT2D eigenvalue weighted by atomic mass is 19.1. The van der Waals surface area contributed by atoms with Crippen LogP contribution in [0.1, 0.15) is 15.9 Å². The van der Waals surface area contributed by atoms with Gasteiger partial charge in [0.25, 0.3) is 5.91 Å². The number of carbonyl (C=O) groups is 1. The molecule has 0 unspecified atom stereocenters. The van der Waals surface area contributed by atoms with Crippen LogP contribution in [0.25, 0.3) is 0 Å². The molecule has 0 atom stereocenters. The lowest BCUT2D eigenvalue weighted by molar-refractivity contribution is 0.102. The molecule has 0 aromatic heterocycles. The molecule has 5 heteroatoms. The zero-order valence-electron chi connectivity index (χ0n) is 11.1. The standard InChI is InChI=1S/C15H14FNO3/c1-9-3-5-11(8-13(9)18)17-15(19)10-4-6-14(20-2)12(16)7-10/h3-8,18H,1-2H3,(H,17,19). The number of aryl methyl sites for hydroxylation is 1. The van der Waals surface area contributed by atoms with E-state index in [-0.39, 0.29) is 17.1 Å². The van der Waals surface area contributed by atoms with Crippen LogP contribution in [0.2, 0.25) is 0 Å². The number of benzene rings is 2. The number of rotatable bonds is 3. The average molecular weight is 275 g/mol. The van der Waals surface area contributed by atoms with E-state index in [1.54, 1.807) is 19.1 Å². The van der Waals surface area contributed by atoms with Crippen LogP contribution in [-0.2, 0) is 0 Å². The summed E-state index contributed by atoms with van der Waals surface area (Å²) in [6.07, 6.45) is 0. The fourth-order valence-electron chi connectivity index (χ4n) is 1.70. The Labute approximate surface area is 115 Å². The second-order valence-electron chi connectivity index (χ2n) is 4.30. The number of amides is 1. The van der Waals surface area contributed by atoms with Gasteiger partial charge in [-0.05, 0) is 36.8 Å². The molecule has 4 nitrogen and oxygen atoms in total. The topological polar surface area (TPSA) is 58.6 Å². The fourth-order valence-corrected chi connectivity index (χ4v) is 1.70. The highest BCUT2D eigenvalue weighted by Gasteiger charge is 2.11. The van der Waals surface area contributed by atoms with Crippen molar-refractivity contribution in [3.05, 3.63) is 53.3 Å². The first-order valence-corrected chi connectivity index (χ1v) is 5.96. The molecule has 0 bridgehead atoms. The van der Waals surface area contributed by atoms with Crippen LogP contribution in [-0.4, -0.2) is 18.1 Å². The summed E-state index contributed by atoms with van der Waals surface area (Å²) < 4.78 is 18.3. The Morgan fingerprint density at radius 2 is 2.00 bits per heavy atom. The Morgan fingerprint density at radius 1 is 1.25 bits per heavy atom. The highest BCUT2D eigenvalue weighted by molar-refractivity contribution is 6.04. The van der Waals surface area contributed by atoms with Crippen molar-refractivity contribution in [1.82, 2.24) is 0 Å². The van der Waals surface area contributed by atoms with Crippen LogP contribution in [0.15, 0.2) is 36.4 Å². The zero-order chi connectivity index (χ0) is 14.7. The molecule has 0 heterocycles. The van der Waals surface area contributed by atoms with Crippen molar-refractivity contribution in [2.75, 3.05) is 12.4 Å². The number of hydrogen-bond donors (Lipinski definition) is 2. The van der Waals surface area contributed by atoms with E-state index in [2.05, 4.69) is 5.32 Å². The SMILES string of the molecule is COc1ccc(C(=O)Nc2ccc(C)c(O)c2)cc1F. The van der Waals surface area contributed by atoms with E-state index in [0.717, 1.165) is 6.07 Å². The Kier molecular flexibility index (Phi) is 3.89. The molecule has 0 spiro atoms. The van der Waals surface area contributed by atoms with Gasteiger partial charge in [0.1, 0.15) is 5.75 Å². The Hall–Kier alpha value is -2.56. The van der Waals surface area contributed by atoms with Gasteiger partial charge in [0.2, 0.25) is 0 Å². The van der Waals surface area contributed by atoms with Crippen molar-refractivity contribution in [3.8, 4) is 11.5 Å². The first kappa shape index (κ1) is 13.9. The Balaban J connectivity index is 2.19. The zero-order valence-corrected chi connectivity index (χ0v) is 11.1. The van der Waals surface area contributed by atoms with Crippen LogP contribution in [0.3, 0.4) is 0 Å². The average Bonchev–Trinajstić information content (AvgIpc) is 2.42. The van der Waals surface area contributed by atoms with Gasteiger partial charge in [0.05, 0.1) is 7.11 Å². The molecule has 104 valence electrons. The third-order valence-corrected chi connectivity index (χ3v) is 2.88. The van der Waals surface area contributed by atoms with Crippen molar-refractivity contribution in [2.45, 2.75) is 6.92 Å². The van der Waals surface area contributed by atoms with Gasteiger partial charge in [-0.1, -0.05) is 6.07 Å². The molecule has 0 radical (unpaired) electrons. The summed E-state index contributed by atoms with van der Waals surface area (Å²) >= 11 is 0. The molecule has 2 rings (SSSR count). The van der Waals surface area contributed by atoms with E-state index in [9.17, 15) is 14.3 Å². The van der Waals surface area contributed by atoms with Crippen molar-refractivity contribution >= 4 is 11.6 Å². The maximum absolute atomic E-state index is 13.5. The van der Waals surface area contributed by atoms with E-state index in [1.807, 2.05) is 0 Å². The van der Waals surface area contributed by atoms with E-state index in [1.165, 1.54) is 25.3 Å². The number of phenolic OH excluding ortho intramolecular Hbond substituents is 1. The van der Waals surface area contributed by atoms with E-state index in [4.69, 9.17) is 4.74 Å². The van der Waals surface area contributed by atoms with Crippen molar-refractivity contribution in [1.29, 1.82) is 0 Å². The van der Waals surface area contributed by atoms with E-state index < -0.39 is 11.7 Å². The van der Waals surface area contributed by atoms with Crippen LogP contribution in [0, 0.1) is 12.7 Å². The number of phenols is 1. The molecule has 2 aromatic rings. The lowest BCUT2D eigenvalue weighted by atomic mass is 10.1. The molecule has 0 saturated carbocycles. The summed E-state index contributed by atoms with van der Waals surface area (Å²) in [6, 6.07) is 8.73. The van der Waals surface area contributed by atoms with Gasteiger partial charge in [0, 0.05) is 17.3 Å². The summed E-state index contributed by atoms with van der Waals surface area (Å²) in [5.74, 6) is -0.903. The predicted octanol–water partition coefficient (Wildman–Crippen LogP) is 3.10. The van der Waals surface area contributed by atoms with Crippen molar-refractivity contribution in [3.63, 3.8) is 0 Å². The van der Waals surface area contributed by atoms with Gasteiger partial charge in [-0.15, -0.1) is 0 Å². The predicted molar refractivity (Wildman–Crippen MR) is 73.7 cm³/mol. The summed E-state index contributed by atoms with van der Waals surface area (Å²) in [5, 5.41) is 12.2. The summed E-state index contributed by atoms with van der Waals surface area (Å²) in [7, 11) is 1.35. The number of anilines is 1. The van der Waals surface area contributed by atoms with Gasteiger partial charge in [0.15, 0.2) is 11.6 Å². The molecule has 0 aliphatic heterocycles. The first-order valence-electron chi connectivity index (χ1n) is 5.96. The quantitative estimate of drug-likeness (QED) is 0.905. The van der Waals surface area contributed by atoms with Gasteiger partial charge < -0.3 is 15.2 Å². The minimum atomic E-state index is -0.605. The molecule has 0 aliphatic carbocycles. The number of methoxy groups -OCH3 is 1. The van der Waals surface area contributed by atoms with E-state index in [0.29, 0.717) is 11.3 Å². The molecular formula is C15H14FNO3. The minimum Gasteiger partial charge on any atom is -0.508 e. The Bertz CT molecular complexity index is 656. The number of ether oxygens (including phenoxy) is 1. The molecule has 1 amide bonds. The van der Waals surface area contributed by atoms with Gasteiger partial charge in [-0.25, -0.2) is 4.39 Å². The van der Waals surface area contributed by atoms with Gasteiger partial charge in [-0.3, -0.25) is 4.79 Å². The highest BCUT2D eigenvalue weighted by Crippen LogP contribution is 2.22. The van der Waals surface area contributed by atoms with Crippen LogP contribution in [0.5, 0.6) is 11.5 Å². The van der Waals surface area contributed by atoms with Crippen LogP contribution < -0.4 is 10.1 Å². The second kappa shape index (κ2) is 5.61. The number of hydrogen-bond acceptors (Lipinski definition) is 3. The summed E-state index contributed by atoms with van der Waals surface area (Å²) in [6.45, 7) is 1.75. The largest absolute Gasteiger partial charge is 0.508 e. The number of aromatic hydroxyl groups is 1. The number of nitrogens with one attached hydrogen (secondary N) is 1. The minimum absolute atomic E-state index is 0.0783. The van der Waals surface area contributed by atoms with Crippen molar-refractivity contribution in [2.24, 2.45) is 0 Å². The molecule has 20 heavy (non-hydrogen) atoms. The second-order valence-corrected chi connectivity index (χ2v) is 4.30. The smallest absolute Gasteiger partial charge is 0.255 e. The van der Waals surface area contributed by atoms with Gasteiger partial charge in [-0.2, -0.15) is 0 Å². The van der Waals surface area contributed by atoms with Crippen LogP contribution in [0.4, 0.5) is 10.1 Å². The Morgan fingerprint density at radius 3 is 2.60 bits per heavy atom. The third kappa shape index (κ3) is 2.88. The van der Waals surface area contributed by atoms with Crippen molar-refractivity contribution < 1.29 is 19.0 Å². The normalized spacial score (nSPS) is 10.2. The lowest BCUT2D eigenvalue weighted by Crippen LogP contribution is -2.12. The van der Waals surface area contributed by atoms with Crippen LogP contribution >= 0.6 is 0 Å². The molecule has 0 aliphatic rings. The molecule has 0 saturated heterocycles. The molecule has 0 fully saturated rings. The number of halogens is 1. The maximum atomic E-state index is 13.5. The first-order chi connectivity index (χ1) is 9.51. The monoisotopic (exact) mass is 275 g/mol.